The third-order valence-corrected chi connectivity index (χ3v) is 3.58. The van der Waals surface area contributed by atoms with E-state index in [1.807, 2.05) is 36.4 Å². The molecule has 0 aliphatic rings. The highest BCUT2D eigenvalue weighted by molar-refractivity contribution is 6.42. The van der Waals surface area contributed by atoms with Crippen molar-refractivity contribution in [2.45, 2.75) is 6.61 Å². The highest BCUT2D eigenvalue weighted by Gasteiger charge is 2.06. The molecule has 0 saturated carbocycles. The molecule has 102 valence electrons. The molecule has 0 bridgehead atoms. The van der Waals surface area contributed by atoms with Gasteiger partial charge in [0.1, 0.15) is 12.4 Å². The molecule has 0 aliphatic carbocycles. The van der Waals surface area contributed by atoms with Gasteiger partial charge in [-0.05, 0) is 18.2 Å². The molecule has 0 radical (unpaired) electrons. The summed E-state index contributed by atoms with van der Waals surface area (Å²) in [5, 5.41) is 1.03. The van der Waals surface area contributed by atoms with Crippen LogP contribution in [0.3, 0.4) is 0 Å². The molecule has 4 heteroatoms. The molecule has 0 atom stereocenters. The first-order valence-corrected chi connectivity index (χ1v) is 7.21. The molecule has 0 amide bonds. The molecular formula is C16H11Cl3O. The van der Waals surface area contributed by atoms with E-state index in [1.54, 1.807) is 6.07 Å². The number of rotatable bonds is 3. The van der Waals surface area contributed by atoms with Crippen molar-refractivity contribution in [3.05, 3.63) is 63.6 Å². The van der Waals surface area contributed by atoms with Crippen molar-refractivity contribution in [1.29, 1.82) is 0 Å². The SMILES string of the molecule is ClCC#Cc1ccccc1OCc1cccc(Cl)c1Cl. The summed E-state index contributed by atoms with van der Waals surface area (Å²) >= 11 is 17.7. The Morgan fingerprint density at radius 2 is 1.80 bits per heavy atom. The van der Waals surface area contributed by atoms with Gasteiger partial charge in [0.2, 0.25) is 0 Å². The fraction of sp³-hybridized carbons (Fsp3) is 0.125. The van der Waals surface area contributed by atoms with E-state index < -0.39 is 0 Å². The summed E-state index contributed by atoms with van der Waals surface area (Å²) < 4.78 is 5.77. The largest absolute Gasteiger partial charge is 0.488 e. The van der Waals surface area contributed by atoms with Crippen LogP contribution in [0.4, 0.5) is 0 Å². The van der Waals surface area contributed by atoms with E-state index >= 15 is 0 Å². The molecule has 1 nitrogen and oxygen atoms in total. The van der Waals surface area contributed by atoms with Crippen LogP contribution in [0, 0.1) is 11.8 Å². The fourth-order valence-electron chi connectivity index (χ4n) is 1.64. The first-order valence-electron chi connectivity index (χ1n) is 5.92. The lowest BCUT2D eigenvalue weighted by molar-refractivity contribution is 0.305. The van der Waals surface area contributed by atoms with Gasteiger partial charge in [-0.3, -0.25) is 0 Å². The number of hydrogen-bond acceptors (Lipinski definition) is 1. The summed E-state index contributed by atoms with van der Waals surface area (Å²) in [5.74, 6) is 6.75. The third-order valence-electron chi connectivity index (χ3n) is 2.59. The van der Waals surface area contributed by atoms with Crippen LogP contribution in [0.25, 0.3) is 0 Å². The first-order chi connectivity index (χ1) is 9.72. The Morgan fingerprint density at radius 3 is 2.60 bits per heavy atom. The zero-order valence-corrected chi connectivity index (χ0v) is 12.8. The molecule has 0 unspecified atom stereocenters. The van der Waals surface area contributed by atoms with Crippen LogP contribution in [0.15, 0.2) is 42.5 Å². The van der Waals surface area contributed by atoms with Gasteiger partial charge in [0, 0.05) is 5.56 Å². The highest BCUT2D eigenvalue weighted by Crippen LogP contribution is 2.27. The van der Waals surface area contributed by atoms with Crippen LogP contribution in [0.5, 0.6) is 5.75 Å². The number of benzene rings is 2. The second-order valence-corrected chi connectivity index (χ2v) is 4.99. The lowest BCUT2D eigenvalue weighted by atomic mass is 10.2. The Kier molecular flexibility index (Phi) is 5.61. The molecule has 2 rings (SSSR count). The third kappa shape index (κ3) is 3.84. The van der Waals surface area contributed by atoms with Crippen molar-refractivity contribution < 1.29 is 4.74 Å². The van der Waals surface area contributed by atoms with Gasteiger partial charge in [0.25, 0.3) is 0 Å². The summed E-state index contributed by atoms with van der Waals surface area (Å²) in [4.78, 5) is 0. The minimum absolute atomic E-state index is 0.286. The topological polar surface area (TPSA) is 9.23 Å². The summed E-state index contributed by atoms with van der Waals surface area (Å²) in [7, 11) is 0. The van der Waals surface area contributed by atoms with Crippen molar-refractivity contribution in [1.82, 2.24) is 0 Å². The highest BCUT2D eigenvalue weighted by atomic mass is 35.5. The number of alkyl halides is 1. The van der Waals surface area contributed by atoms with Crippen molar-refractivity contribution in [2.75, 3.05) is 5.88 Å². The predicted octanol–water partition coefficient (Wildman–Crippen LogP) is 5.16. The summed E-state index contributed by atoms with van der Waals surface area (Å²) in [5.41, 5.74) is 1.63. The lowest BCUT2D eigenvalue weighted by Crippen LogP contribution is -1.98. The van der Waals surface area contributed by atoms with Crippen LogP contribution in [-0.4, -0.2) is 5.88 Å². The number of ether oxygens (including phenoxy) is 1. The maximum absolute atomic E-state index is 6.13. The quantitative estimate of drug-likeness (QED) is 0.559. The van der Waals surface area contributed by atoms with E-state index in [0.717, 1.165) is 11.1 Å². The van der Waals surface area contributed by atoms with Gasteiger partial charge in [-0.2, -0.15) is 0 Å². The molecule has 0 aliphatic heterocycles. The second-order valence-electron chi connectivity index (χ2n) is 3.93. The van der Waals surface area contributed by atoms with E-state index in [4.69, 9.17) is 39.5 Å². The fourth-order valence-corrected chi connectivity index (χ4v) is 2.08. The smallest absolute Gasteiger partial charge is 0.135 e. The van der Waals surface area contributed by atoms with Crippen molar-refractivity contribution in [3.63, 3.8) is 0 Å². The Labute approximate surface area is 133 Å². The van der Waals surface area contributed by atoms with Gasteiger partial charge < -0.3 is 4.74 Å². The van der Waals surface area contributed by atoms with E-state index in [2.05, 4.69) is 11.8 Å². The van der Waals surface area contributed by atoms with Crippen LogP contribution >= 0.6 is 34.8 Å². The van der Waals surface area contributed by atoms with Crippen LogP contribution in [-0.2, 0) is 6.61 Å². The van der Waals surface area contributed by atoms with Gasteiger partial charge in [-0.1, -0.05) is 59.3 Å². The summed E-state index contributed by atoms with van der Waals surface area (Å²) in [6, 6.07) is 13.0. The average molecular weight is 326 g/mol. The lowest BCUT2D eigenvalue weighted by Gasteiger charge is -2.10. The van der Waals surface area contributed by atoms with E-state index in [-0.39, 0.29) is 5.88 Å². The maximum atomic E-state index is 6.13. The van der Waals surface area contributed by atoms with Gasteiger partial charge in [-0.15, -0.1) is 11.6 Å². The van der Waals surface area contributed by atoms with Gasteiger partial charge in [0.05, 0.1) is 21.5 Å². The van der Waals surface area contributed by atoms with Gasteiger partial charge in [0.15, 0.2) is 0 Å². The molecule has 20 heavy (non-hydrogen) atoms. The number of halogens is 3. The summed E-state index contributed by atoms with van der Waals surface area (Å²) in [6.07, 6.45) is 0. The minimum Gasteiger partial charge on any atom is -0.488 e. The Hall–Kier alpha value is -1.33. The zero-order valence-electron chi connectivity index (χ0n) is 10.5. The first kappa shape index (κ1) is 15.1. The molecule has 0 heterocycles. The monoisotopic (exact) mass is 324 g/mol. The van der Waals surface area contributed by atoms with Crippen LogP contribution in [0.2, 0.25) is 10.0 Å². The molecule has 0 spiro atoms. The van der Waals surface area contributed by atoms with E-state index in [0.29, 0.717) is 22.4 Å². The van der Waals surface area contributed by atoms with Crippen LogP contribution < -0.4 is 4.74 Å². The average Bonchev–Trinajstić information content (AvgIpc) is 2.47. The molecule has 2 aromatic carbocycles. The minimum atomic E-state index is 0.286. The Balaban J connectivity index is 2.17. The van der Waals surface area contributed by atoms with Gasteiger partial charge in [-0.25, -0.2) is 0 Å². The van der Waals surface area contributed by atoms with Crippen molar-refractivity contribution in [2.24, 2.45) is 0 Å². The van der Waals surface area contributed by atoms with Crippen molar-refractivity contribution >= 4 is 34.8 Å². The molecular weight excluding hydrogens is 315 g/mol. The number of hydrogen-bond donors (Lipinski definition) is 0. The predicted molar refractivity (Wildman–Crippen MR) is 84.8 cm³/mol. The molecule has 2 aromatic rings. The normalized spacial score (nSPS) is 9.75. The van der Waals surface area contributed by atoms with Crippen LogP contribution in [0.1, 0.15) is 11.1 Å². The second kappa shape index (κ2) is 7.45. The Bertz CT molecular complexity index is 656. The maximum Gasteiger partial charge on any atom is 0.135 e. The standard InChI is InChI=1S/C16H11Cl3O/c17-10-4-7-12-5-1-2-9-15(12)20-11-13-6-3-8-14(18)16(13)19/h1-3,5-6,8-9H,10-11H2. The van der Waals surface area contributed by atoms with E-state index in [9.17, 15) is 0 Å². The molecule has 0 N–H and O–H groups in total. The Morgan fingerprint density at radius 1 is 1.00 bits per heavy atom. The van der Waals surface area contributed by atoms with E-state index in [1.165, 1.54) is 0 Å². The zero-order chi connectivity index (χ0) is 14.4. The summed E-state index contributed by atoms with van der Waals surface area (Å²) in [6.45, 7) is 0.332. The van der Waals surface area contributed by atoms with Gasteiger partial charge >= 0.3 is 0 Å². The molecule has 0 fully saturated rings. The molecule has 0 aromatic heterocycles. The number of para-hydroxylation sites is 1. The van der Waals surface area contributed by atoms with Crippen molar-refractivity contribution in [3.8, 4) is 17.6 Å². The molecule has 0 saturated heterocycles.